The Morgan fingerprint density at radius 3 is 2.28 bits per heavy atom. The van der Waals surface area contributed by atoms with E-state index in [1.54, 1.807) is 7.11 Å². The molecule has 8 aliphatic rings. The summed E-state index contributed by atoms with van der Waals surface area (Å²) in [6, 6.07) is 8.95. The van der Waals surface area contributed by atoms with Crippen molar-refractivity contribution >= 4 is 5.97 Å². The zero-order valence-corrected chi connectivity index (χ0v) is 38.4. The molecule has 1 aliphatic heterocycles. The highest BCUT2D eigenvalue weighted by Crippen LogP contribution is 2.85. The number of benzene rings is 1. The van der Waals surface area contributed by atoms with Gasteiger partial charge in [0.15, 0.2) is 5.79 Å². The number of fused-ring (bicyclic) bond motifs is 3. The molecule has 0 amide bonds. The molecule has 0 radical (unpaired) electrons. The molecule has 7 fully saturated rings. The van der Waals surface area contributed by atoms with Crippen LogP contribution in [-0.2, 0) is 27.1 Å². The Bertz CT molecular complexity index is 1830. The minimum Gasteiger partial charge on any atom is -0.481 e. The number of methoxy groups -OCH3 is 1. The first-order chi connectivity index (χ1) is 28.6. The SMILES string of the molecule is CCCC1C2(O)CC(O)C3C1(CCC14C#CCC(CCC5CCCC5)CCC5(CCC31C)C1CC(C)(C(=O)O)CCC1(C)CCC54C)C(Cc1ccc(CCOC)cc1)O2. The molecule has 60 heavy (non-hydrogen) atoms. The van der Waals surface area contributed by atoms with Crippen LogP contribution in [0.3, 0.4) is 0 Å². The van der Waals surface area contributed by atoms with Gasteiger partial charge in [0.2, 0.25) is 0 Å². The number of hydrogen-bond acceptors (Lipinski definition) is 5. The van der Waals surface area contributed by atoms with Gasteiger partial charge in [-0.1, -0.05) is 96.4 Å². The van der Waals surface area contributed by atoms with Crippen molar-refractivity contribution in [3.63, 3.8) is 0 Å². The third kappa shape index (κ3) is 6.17. The molecule has 1 saturated heterocycles. The lowest BCUT2D eigenvalue weighted by Crippen LogP contribution is -2.75. The maximum atomic E-state index is 13.2. The second-order valence-corrected chi connectivity index (χ2v) is 23.6. The summed E-state index contributed by atoms with van der Waals surface area (Å²) in [5.41, 5.74) is 0.723. The average molecular weight is 825 g/mol. The van der Waals surface area contributed by atoms with Crippen LogP contribution in [0.4, 0.5) is 0 Å². The van der Waals surface area contributed by atoms with Crippen molar-refractivity contribution < 1.29 is 29.6 Å². The Morgan fingerprint density at radius 1 is 0.850 bits per heavy atom. The van der Waals surface area contributed by atoms with E-state index in [4.69, 9.17) is 9.47 Å². The lowest BCUT2D eigenvalue weighted by molar-refractivity contribution is -0.314. The average Bonchev–Trinajstić information content (AvgIpc) is 3.79. The number of aliphatic hydroxyl groups is 2. The minimum absolute atomic E-state index is 0.0227. The molecule has 6 nitrogen and oxygen atoms in total. The van der Waals surface area contributed by atoms with Crippen molar-refractivity contribution in [3.8, 4) is 11.8 Å². The summed E-state index contributed by atoms with van der Waals surface area (Å²) in [5.74, 6) is 8.12. The van der Waals surface area contributed by atoms with Crippen LogP contribution < -0.4 is 0 Å². The van der Waals surface area contributed by atoms with E-state index in [0.717, 1.165) is 95.8 Å². The molecular weight excluding hydrogens is 745 g/mol. The Kier molecular flexibility index (Phi) is 11.1. The van der Waals surface area contributed by atoms with Crippen LogP contribution in [0, 0.1) is 79.3 Å². The third-order valence-electron chi connectivity index (χ3n) is 21.2. The maximum Gasteiger partial charge on any atom is 0.309 e. The Labute approximate surface area is 363 Å². The number of aliphatic carboxylic acids is 1. The molecule has 4 bridgehead atoms. The standard InChI is InChI=1S/C54H80O6/c1-7-11-42-53-32-31-52-23-10-14-38(16-15-37-12-8-9-13-37)21-24-51(43-36-48(3,46(56)57)26-25-47(43,2)27-29-50(51,52)5)30-28-49(52,4)45(53)41(55)35-54(42,58)60-44(53)34-40-19-17-39(18-20-40)22-33-59-6/h17-20,37-38,41-45,55,58H,7-9,11-16,21-22,24-36H2,1-6H3,(H,56,57). The van der Waals surface area contributed by atoms with Gasteiger partial charge in [0.25, 0.3) is 0 Å². The van der Waals surface area contributed by atoms with Gasteiger partial charge < -0.3 is 24.8 Å². The number of rotatable bonds is 11. The lowest BCUT2D eigenvalue weighted by atomic mass is 9.24. The Morgan fingerprint density at radius 2 is 1.57 bits per heavy atom. The summed E-state index contributed by atoms with van der Waals surface area (Å²) in [7, 11) is 1.75. The molecule has 0 aromatic heterocycles. The maximum absolute atomic E-state index is 13.2. The number of carbonyl (C=O) groups is 1. The molecule has 14 unspecified atom stereocenters. The van der Waals surface area contributed by atoms with Crippen molar-refractivity contribution in [2.75, 3.05) is 13.7 Å². The normalized spacial score (nSPS) is 48.3. The van der Waals surface area contributed by atoms with Crippen LogP contribution in [0.25, 0.3) is 0 Å². The molecule has 3 N–H and O–H groups in total. The fourth-order valence-electron chi connectivity index (χ4n) is 18.0. The van der Waals surface area contributed by atoms with E-state index in [0.29, 0.717) is 18.4 Å². The molecule has 6 saturated carbocycles. The van der Waals surface area contributed by atoms with E-state index < -0.39 is 23.3 Å². The molecule has 1 aromatic rings. The molecule has 14 atom stereocenters. The lowest BCUT2D eigenvalue weighted by Gasteiger charge is -2.79. The van der Waals surface area contributed by atoms with Gasteiger partial charge in [-0.15, -0.1) is 5.92 Å². The smallest absolute Gasteiger partial charge is 0.309 e. The minimum atomic E-state index is -1.34. The third-order valence-corrected chi connectivity index (χ3v) is 21.2. The summed E-state index contributed by atoms with van der Waals surface area (Å²) in [6.07, 6.45) is 23.0. The number of carboxylic acid groups (broad SMARTS) is 1. The van der Waals surface area contributed by atoms with Crippen LogP contribution in [0.1, 0.15) is 181 Å². The Balaban J connectivity index is 1.17. The molecule has 6 heteroatoms. The largest absolute Gasteiger partial charge is 0.481 e. The summed E-state index contributed by atoms with van der Waals surface area (Å²) in [4.78, 5) is 13.2. The van der Waals surface area contributed by atoms with Crippen molar-refractivity contribution in [2.24, 2.45) is 67.5 Å². The highest BCUT2D eigenvalue weighted by molar-refractivity contribution is 5.74. The number of carboxylic acids is 1. The number of hydrogen-bond donors (Lipinski definition) is 3. The van der Waals surface area contributed by atoms with Crippen LogP contribution >= 0.6 is 0 Å². The predicted octanol–water partition coefficient (Wildman–Crippen LogP) is 11.3. The van der Waals surface area contributed by atoms with Crippen LogP contribution in [0.2, 0.25) is 0 Å². The van der Waals surface area contributed by atoms with E-state index in [1.807, 2.05) is 0 Å². The van der Waals surface area contributed by atoms with Crippen LogP contribution in [0.5, 0.6) is 0 Å². The first kappa shape index (κ1) is 43.3. The summed E-state index contributed by atoms with van der Waals surface area (Å²) < 4.78 is 12.5. The molecule has 9 rings (SSSR count). The van der Waals surface area contributed by atoms with Crippen LogP contribution in [0.15, 0.2) is 24.3 Å². The molecule has 7 aliphatic carbocycles. The first-order valence-electron chi connectivity index (χ1n) is 25.0. The van der Waals surface area contributed by atoms with E-state index in [9.17, 15) is 20.1 Å². The van der Waals surface area contributed by atoms with Gasteiger partial charge in [-0.05, 0) is 154 Å². The monoisotopic (exact) mass is 825 g/mol. The fraction of sp³-hybridized carbons (Fsp3) is 0.833. The van der Waals surface area contributed by atoms with Gasteiger partial charge >= 0.3 is 5.97 Å². The van der Waals surface area contributed by atoms with Crippen molar-refractivity contribution in [1.82, 2.24) is 0 Å². The summed E-state index contributed by atoms with van der Waals surface area (Å²) in [6.45, 7) is 12.8. The van der Waals surface area contributed by atoms with Crippen molar-refractivity contribution in [3.05, 3.63) is 35.4 Å². The highest BCUT2D eigenvalue weighted by Gasteiger charge is 2.82. The van der Waals surface area contributed by atoms with Gasteiger partial charge in [0.1, 0.15) is 0 Å². The van der Waals surface area contributed by atoms with E-state index in [-0.39, 0.29) is 56.9 Å². The zero-order chi connectivity index (χ0) is 42.4. The fourth-order valence-corrected chi connectivity index (χ4v) is 18.0. The first-order valence-corrected chi connectivity index (χ1v) is 25.0. The molecular formula is C54H80O6. The quantitative estimate of drug-likeness (QED) is 0.192. The number of aliphatic hydroxyl groups excluding tert-OH is 1. The van der Waals surface area contributed by atoms with E-state index in [1.165, 1.54) is 62.5 Å². The second kappa shape index (κ2) is 15.4. The molecule has 332 valence electrons. The van der Waals surface area contributed by atoms with Crippen LogP contribution in [-0.4, -0.2) is 53.0 Å². The van der Waals surface area contributed by atoms with E-state index >= 15 is 0 Å². The molecule has 1 aromatic carbocycles. The predicted molar refractivity (Wildman–Crippen MR) is 237 cm³/mol. The van der Waals surface area contributed by atoms with E-state index in [2.05, 4.69) is 70.7 Å². The molecule has 2 spiro atoms. The van der Waals surface area contributed by atoms with Gasteiger partial charge in [-0.2, -0.15) is 0 Å². The second-order valence-electron chi connectivity index (χ2n) is 23.6. The van der Waals surface area contributed by atoms with Crippen molar-refractivity contribution in [2.45, 2.75) is 200 Å². The topological polar surface area (TPSA) is 96.2 Å². The van der Waals surface area contributed by atoms with Gasteiger partial charge in [0.05, 0.1) is 24.2 Å². The van der Waals surface area contributed by atoms with Gasteiger partial charge in [-0.25, -0.2) is 0 Å². The number of ether oxygens (including phenoxy) is 2. The summed E-state index contributed by atoms with van der Waals surface area (Å²) in [5, 5.41) is 36.4. The molecule has 1 heterocycles. The highest BCUT2D eigenvalue weighted by atomic mass is 16.6. The zero-order valence-electron chi connectivity index (χ0n) is 38.4. The van der Waals surface area contributed by atoms with Crippen molar-refractivity contribution in [1.29, 1.82) is 0 Å². The van der Waals surface area contributed by atoms with Gasteiger partial charge in [0, 0.05) is 42.6 Å². The Hall–Kier alpha value is -1.91. The van der Waals surface area contributed by atoms with Gasteiger partial charge in [-0.3, -0.25) is 4.79 Å². The summed E-state index contributed by atoms with van der Waals surface area (Å²) >= 11 is 0.